The van der Waals surface area contributed by atoms with Gasteiger partial charge < -0.3 is 9.73 Å². The van der Waals surface area contributed by atoms with Gasteiger partial charge in [0.05, 0.1) is 5.56 Å². The van der Waals surface area contributed by atoms with Crippen LogP contribution in [0.15, 0.2) is 64.6 Å². The first kappa shape index (κ1) is 18.1. The summed E-state index contributed by atoms with van der Waals surface area (Å²) in [5, 5.41) is 11.9. The molecule has 0 fully saturated rings. The topological polar surface area (TPSA) is 66.0 Å². The second-order valence-corrected chi connectivity index (χ2v) is 5.77. The Kier molecular flexibility index (Phi) is 5.13. The predicted octanol–water partition coefficient (Wildman–Crippen LogP) is 5.08. The first-order valence-electron chi connectivity index (χ1n) is 8.02. The normalized spacial score (nSPS) is 11.1. The Labute approximate surface area is 154 Å². The van der Waals surface area contributed by atoms with Crippen molar-refractivity contribution in [1.29, 1.82) is 5.26 Å². The van der Waals surface area contributed by atoms with E-state index >= 15 is 0 Å². The van der Waals surface area contributed by atoms with Gasteiger partial charge in [-0.2, -0.15) is 5.26 Å². The number of carbonyl (C=O) groups is 1. The zero-order valence-corrected chi connectivity index (χ0v) is 14.3. The van der Waals surface area contributed by atoms with Gasteiger partial charge in [0.1, 0.15) is 34.8 Å². The van der Waals surface area contributed by atoms with Gasteiger partial charge in [-0.05, 0) is 42.8 Å². The van der Waals surface area contributed by atoms with E-state index in [1.807, 2.05) is 25.1 Å². The molecule has 1 N–H and O–H groups in total. The molecule has 4 nitrogen and oxygen atoms in total. The number of nitrogens with one attached hydrogen (secondary N) is 1. The van der Waals surface area contributed by atoms with Crippen LogP contribution in [0, 0.1) is 29.9 Å². The molecule has 0 spiro atoms. The summed E-state index contributed by atoms with van der Waals surface area (Å²) in [5.41, 5.74) is 1.37. The zero-order valence-electron chi connectivity index (χ0n) is 14.3. The second-order valence-electron chi connectivity index (χ2n) is 5.77. The molecule has 3 rings (SSSR count). The van der Waals surface area contributed by atoms with Crippen LogP contribution in [0.3, 0.4) is 0 Å². The zero-order chi connectivity index (χ0) is 19.4. The number of rotatable bonds is 4. The number of nitriles is 1. The number of amides is 1. The first-order chi connectivity index (χ1) is 13.0. The number of aryl methyl sites for hydroxylation is 1. The van der Waals surface area contributed by atoms with Crippen LogP contribution in [0.5, 0.6) is 0 Å². The summed E-state index contributed by atoms with van der Waals surface area (Å²) >= 11 is 0. The molecular formula is C21H14F2N2O2. The van der Waals surface area contributed by atoms with Gasteiger partial charge in [-0.3, -0.25) is 4.79 Å². The summed E-state index contributed by atoms with van der Waals surface area (Å²) in [6.07, 6.45) is 1.26. The minimum Gasteiger partial charge on any atom is -0.457 e. The number of para-hydroxylation sites is 1. The molecule has 134 valence electrons. The van der Waals surface area contributed by atoms with Crippen LogP contribution < -0.4 is 5.32 Å². The standard InChI is InChI=1S/C21H14F2N2O2/c1-13-4-2-3-5-19(13)25-21(26)14(12-24)10-16-7-9-20(27-16)17-8-6-15(22)11-18(17)23/h2-11H,1H3,(H,25,26). The summed E-state index contributed by atoms with van der Waals surface area (Å²) in [4.78, 5) is 12.3. The largest absolute Gasteiger partial charge is 0.457 e. The van der Waals surface area contributed by atoms with E-state index in [1.54, 1.807) is 12.1 Å². The van der Waals surface area contributed by atoms with Crippen LogP contribution in [-0.4, -0.2) is 5.91 Å². The number of nitrogens with zero attached hydrogens (tertiary/aromatic N) is 1. The highest BCUT2D eigenvalue weighted by atomic mass is 19.1. The minimum atomic E-state index is -0.766. The molecule has 1 aromatic heterocycles. The molecule has 0 radical (unpaired) electrons. The molecule has 0 saturated carbocycles. The van der Waals surface area contributed by atoms with Gasteiger partial charge in [0.25, 0.3) is 5.91 Å². The number of halogens is 2. The molecule has 2 aromatic carbocycles. The van der Waals surface area contributed by atoms with Crippen LogP contribution in [0.25, 0.3) is 17.4 Å². The summed E-state index contributed by atoms with van der Waals surface area (Å²) < 4.78 is 32.3. The quantitative estimate of drug-likeness (QED) is 0.519. The average Bonchev–Trinajstić information content (AvgIpc) is 3.09. The van der Waals surface area contributed by atoms with Crippen molar-refractivity contribution in [2.75, 3.05) is 5.32 Å². The lowest BCUT2D eigenvalue weighted by molar-refractivity contribution is -0.112. The van der Waals surface area contributed by atoms with Gasteiger partial charge in [-0.1, -0.05) is 18.2 Å². The average molecular weight is 364 g/mol. The Morgan fingerprint density at radius 3 is 2.63 bits per heavy atom. The molecule has 0 aliphatic carbocycles. The minimum absolute atomic E-state index is 0.0823. The van der Waals surface area contributed by atoms with Crippen molar-refractivity contribution in [3.05, 3.63) is 83.1 Å². The predicted molar refractivity (Wildman–Crippen MR) is 97.5 cm³/mol. The van der Waals surface area contributed by atoms with Crippen LogP contribution >= 0.6 is 0 Å². The molecular weight excluding hydrogens is 350 g/mol. The van der Waals surface area contributed by atoms with Crippen LogP contribution in [0.1, 0.15) is 11.3 Å². The van der Waals surface area contributed by atoms with Crippen molar-refractivity contribution < 1.29 is 18.0 Å². The maximum atomic E-state index is 13.9. The summed E-state index contributed by atoms with van der Waals surface area (Å²) in [6, 6.07) is 15.1. The highest BCUT2D eigenvalue weighted by Gasteiger charge is 2.14. The molecule has 27 heavy (non-hydrogen) atoms. The Balaban J connectivity index is 1.84. The van der Waals surface area contributed by atoms with E-state index in [-0.39, 0.29) is 22.7 Å². The molecule has 0 saturated heterocycles. The van der Waals surface area contributed by atoms with Gasteiger partial charge in [-0.15, -0.1) is 0 Å². The fourth-order valence-electron chi connectivity index (χ4n) is 2.46. The molecule has 0 bridgehead atoms. The summed E-state index contributed by atoms with van der Waals surface area (Å²) in [5.74, 6) is -1.68. The lowest BCUT2D eigenvalue weighted by Crippen LogP contribution is -2.14. The fraction of sp³-hybridized carbons (Fsp3) is 0.0476. The van der Waals surface area contributed by atoms with Gasteiger partial charge in [0.15, 0.2) is 0 Å². The van der Waals surface area contributed by atoms with E-state index in [0.717, 1.165) is 17.7 Å². The number of hydrogen-bond donors (Lipinski definition) is 1. The summed E-state index contributed by atoms with van der Waals surface area (Å²) in [6.45, 7) is 1.83. The van der Waals surface area contributed by atoms with E-state index in [4.69, 9.17) is 4.42 Å². The Hall–Kier alpha value is -3.72. The molecule has 0 unspecified atom stereocenters. The lowest BCUT2D eigenvalue weighted by Gasteiger charge is -2.06. The van der Waals surface area contributed by atoms with Crippen molar-refractivity contribution in [2.45, 2.75) is 6.92 Å². The SMILES string of the molecule is Cc1ccccc1NC(=O)C(C#N)=Cc1ccc(-c2ccc(F)cc2F)o1. The number of benzene rings is 2. The molecule has 1 amide bonds. The summed E-state index contributed by atoms with van der Waals surface area (Å²) in [7, 11) is 0. The maximum absolute atomic E-state index is 13.9. The van der Waals surface area contributed by atoms with Crippen LogP contribution in [0.2, 0.25) is 0 Å². The van der Waals surface area contributed by atoms with Crippen molar-refractivity contribution in [3.8, 4) is 17.4 Å². The highest BCUT2D eigenvalue weighted by molar-refractivity contribution is 6.09. The van der Waals surface area contributed by atoms with Gasteiger partial charge in [0, 0.05) is 17.8 Å². The fourth-order valence-corrected chi connectivity index (χ4v) is 2.46. The van der Waals surface area contributed by atoms with E-state index in [9.17, 15) is 18.8 Å². The smallest absolute Gasteiger partial charge is 0.266 e. The monoisotopic (exact) mass is 364 g/mol. The van der Waals surface area contributed by atoms with Gasteiger partial charge in [-0.25, -0.2) is 8.78 Å². The first-order valence-corrected chi connectivity index (χ1v) is 8.02. The van der Waals surface area contributed by atoms with Crippen molar-refractivity contribution in [2.24, 2.45) is 0 Å². The van der Waals surface area contributed by atoms with Gasteiger partial charge in [0.2, 0.25) is 0 Å². The molecule has 6 heteroatoms. The maximum Gasteiger partial charge on any atom is 0.266 e. The van der Waals surface area contributed by atoms with Crippen molar-refractivity contribution in [3.63, 3.8) is 0 Å². The van der Waals surface area contributed by atoms with Crippen LogP contribution in [0.4, 0.5) is 14.5 Å². The Morgan fingerprint density at radius 1 is 1.15 bits per heavy atom. The Bertz CT molecular complexity index is 1080. The number of carbonyl (C=O) groups excluding carboxylic acids is 1. The molecule has 3 aromatic rings. The lowest BCUT2D eigenvalue weighted by atomic mass is 10.1. The number of hydrogen-bond acceptors (Lipinski definition) is 3. The molecule has 0 aliphatic rings. The van der Waals surface area contributed by atoms with Crippen LogP contribution in [-0.2, 0) is 4.79 Å². The Morgan fingerprint density at radius 2 is 1.93 bits per heavy atom. The van der Waals surface area contributed by atoms with E-state index < -0.39 is 17.5 Å². The third-order valence-corrected chi connectivity index (χ3v) is 3.87. The molecule has 1 heterocycles. The number of anilines is 1. The van der Waals surface area contributed by atoms with Gasteiger partial charge >= 0.3 is 0 Å². The van der Waals surface area contributed by atoms with E-state index in [2.05, 4.69) is 5.32 Å². The molecule has 0 atom stereocenters. The van der Waals surface area contributed by atoms with E-state index in [0.29, 0.717) is 5.69 Å². The van der Waals surface area contributed by atoms with Crippen molar-refractivity contribution in [1.82, 2.24) is 0 Å². The second kappa shape index (κ2) is 7.67. The third kappa shape index (κ3) is 4.10. The molecule has 0 aliphatic heterocycles. The highest BCUT2D eigenvalue weighted by Crippen LogP contribution is 2.26. The van der Waals surface area contributed by atoms with E-state index in [1.165, 1.54) is 24.3 Å². The third-order valence-electron chi connectivity index (χ3n) is 3.87. The van der Waals surface area contributed by atoms with Crippen molar-refractivity contribution >= 4 is 17.7 Å². The number of furan rings is 1.